The van der Waals surface area contributed by atoms with Gasteiger partial charge in [0.1, 0.15) is 34.9 Å². The van der Waals surface area contributed by atoms with E-state index in [0.717, 1.165) is 72.8 Å². The number of aromatic nitrogens is 2. The molecule has 260 valence electrons. The predicted octanol–water partition coefficient (Wildman–Crippen LogP) is 11.6. The molecule has 1 aliphatic heterocycles. The number of fused-ring (bicyclic) bond motifs is 7. The number of ether oxygens (including phenoxy) is 2. The van der Waals surface area contributed by atoms with Crippen molar-refractivity contribution in [3.05, 3.63) is 168 Å². The Kier molecular flexibility index (Phi) is 7.94. The van der Waals surface area contributed by atoms with E-state index in [0.29, 0.717) is 11.5 Å². The van der Waals surface area contributed by atoms with Gasteiger partial charge in [0, 0.05) is 50.2 Å². The number of nitrogens with zero attached hydrogens (tertiary/aromatic N) is 3. The summed E-state index contributed by atoms with van der Waals surface area (Å²) in [6.07, 6.45) is 5.76. The molecule has 5 nitrogen and oxygen atoms in total. The minimum absolute atomic E-state index is 0. The van der Waals surface area contributed by atoms with Crippen molar-refractivity contribution in [2.75, 3.05) is 0 Å². The Balaban J connectivity index is 0.00000372. The first-order chi connectivity index (χ1) is 25.4. The standard InChI is InChI=1S/C47H33N3O2.Pt/c1-47(2,3)30-24-25-48-45(26-30)50-40-16-8-7-14-35(40)36-23-21-33(28-42(36)50)51-32-20-22-34-37-15-11-19-44-46(37)39(38(34)27-32)29-49(31-12-5-4-6-13-31)41-17-9-10-18-43(41)52-44;/h4-26,39H,1-3H3;/q-2;. The van der Waals surface area contributed by atoms with Crippen molar-refractivity contribution >= 4 is 39.4 Å². The Labute approximate surface area is 323 Å². The predicted molar refractivity (Wildman–Crippen MR) is 208 cm³/mol. The fraction of sp³-hybridized carbons (Fsp3) is 0.106. The molecule has 1 atom stereocenters. The van der Waals surface area contributed by atoms with Gasteiger partial charge < -0.3 is 18.6 Å². The van der Waals surface area contributed by atoms with E-state index in [-0.39, 0.29) is 32.4 Å². The summed E-state index contributed by atoms with van der Waals surface area (Å²) < 4.78 is 17.6. The van der Waals surface area contributed by atoms with E-state index in [1.807, 2.05) is 60.8 Å². The van der Waals surface area contributed by atoms with Crippen LogP contribution in [0.25, 0.3) is 38.8 Å². The van der Waals surface area contributed by atoms with Gasteiger partial charge in [0.05, 0.1) is 0 Å². The Morgan fingerprint density at radius 3 is 2.34 bits per heavy atom. The van der Waals surface area contributed by atoms with Crippen molar-refractivity contribution < 1.29 is 30.5 Å². The monoisotopic (exact) mass is 866 g/mol. The van der Waals surface area contributed by atoms with Crippen LogP contribution in [0.15, 0.2) is 140 Å². The minimum Gasteiger partial charge on any atom is -0.509 e. The van der Waals surface area contributed by atoms with E-state index < -0.39 is 0 Å². The molecule has 0 radical (unpaired) electrons. The Morgan fingerprint density at radius 1 is 0.717 bits per heavy atom. The van der Waals surface area contributed by atoms with Crippen LogP contribution in [0.1, 0.15) is 43.4 Å². The summed E-state index contributed by atoms with van der Waals surface area (Å²) in [5, 5.41) is 2.23. The van der Waals surface area contributed by atoms with Gasteiger partial charge >= 0.3 is 0 Å². The molecule has 0 bridgehead atoms. The third-order valence-electron chi connectivity index (χ3n) is 10.1. The normalized spacial score (nSPS) is 14.2. The second-order valence-electron chi connectivity index (χ2n) is 14.4. The van der Waals surface area contributed by atoms with Gasteiger partial charge in [-0.1, -0.05) is 92.5 Å². The molecule has 8 aromatic rings. The van der Waals surface area contributed by atoms with Crippen molar-refractivity contribution in [2.45, 2.75) is 32.1 Å². The average Bonchev–Trinajstić information content (AvgIpc) is 3.65. The van der Waals surface area contributed by atoms with Crippen molar-refractivity contribution in [1.29, 1.82) is 0 Å². The summed E-state index contributed by atoms with van der Waals surface area (Å²) >= 11 is 0. The van der Waals surface area contributed by atoms with Crippen LogP contribution in [-0.2, 0) is 26.5 Å². The molecular formula is C47H33N3O2Pt-2. The largest absolute Gasteiger partial charge is 0.509 e. The third-order valence-corrected chi connectivity index (χ3v) is 10.1. The summed E-state index contributed by atoms with van der Waals surface area (Å²) in [5.41, 5.74) is 9.37. The van der Waals surface area contributed by atoms with Crippen LogP contribution < -0.4 is 14.0 Å². The minimum atomic E-state index is -0.242. The summed E-state index contributed by atoms with van der Waals surface area (Å²) in [6, 6.07) is 52.9. The van der Waals surface area contributed by atoms with Crippen LogP contribution >= 0.6 is 0 Å². The smallest absolute Gasteiger partial charge is 0.148 e. The van der Waals surface area contributed by atoms with Crippen LogP contribution in [0.3, 0.4) is 0 Å². The molecule has 0 amide bonds. The van der Waals surface area contributed by atoms with E-state index in [9.17, 15) is 0 Å². The van der Waals surface area contributed by atoms with Crippen LogP contribution in [0.5, 0.6) is 23.0 Å². The van der Waals surface area contributed by atoms with Crippen LogP contribution in [0, 0.1) is 12.1 Å². The van der Waals surface area contributed by atoms with Gasteiger partial charge in [-0.15, -0.1) is 40.8 Å². The zero-order chi connectivity index (χ0) is 35.0. The maximum Gasteiger partial charge on any atom is 0.148 e. The van der Waals surface area contributed by atoms with Gasteiger partial charge in [0.15, 0.2) is 0 Å². The van der Waals surface area contributed by atoms with Gasteiger partial charge in [0.2, 0.25) is 0 Å². The number of hydrogen-bond donors (Lipinski definition) is 0. The molecule has 0 saturated heterocycles. The molecule has 6 heteroatoms. The molecule has 2 aromatic heterocycles. The molecule has 0 saturated carbocycles. The molecule has 53 heavy (non-hydrogen) atoms. The molecule has 10 rings (SSSR count). The molecular weight excluding hydrogens is 834 g/mol. The Bertz CT molecular complexity index is 2740. The Morgan fingerprint density at radius 2 is 1.47 bits per heavy atom. The SMILES string of the molecule is CC(C)(C)c1ccnc(-n2c3[c-]c(Oc4[c-]c5c(cc4)-c4cccc6c4C5[C-]=[N+](c4ccccc4)c4ccccc4O6)ccc3c3ccccc32)c1.[Pt]. The summed E-state index contributed by atoms with van der Waals surface area (Å²) in [6.45, 7) is 6.67. The second kappa shape index (κ2) is 12.7. The van der Waals surface area contributed by atoms with Crippen LogP contribution in [0.2, 0.25) is 0 Å². The quantitative estimate of drug-likeness (QED) is 0.131. The van der Waals surface area contributed by atoms with Gasteiger partial charge in [-0.05, 0) is 70.5 Å². The van der Waals surface area contributed by atoms with Gasteiger partial charge in [-0.25, -0.2) is 4.98 Å². The molecule has 1 unspecified atom stereocenters. The second-order valence-corrected chi connectivity index (χ2v) is 14.4. The first-order valence-corrected chi connectivity index (χ1v) is 17.6. The number of rotatable bonds is 4. The Hall–Kier alpha value is -5.77. The van der Waals surface area contributed by atoms with E-state index in [1.54, 1.807) is 0 Å². The molecule has 3 heterocycles. The van der Waals surface area contributed by atoms with E-state index >= 15 is 0 Å². The van der Waals surface area contributed by atoms with E-state index in [4.69, 9.17) is 14.5 Å². The molecule has 6 aromatic carbocycles. The van der Waals surface area contributed by atoms with Gasteiger partial charge in [0.25, 0.3) is 0 Å². The first-order valence-electron chi connectivity index (χ1n) is 17.6. The average molecular weight is 867 g/mol. The van der Waals surface area contributed by atoms with Crippen molar-refractivity contribution in [3.63, 3.8) is 0 Å². The first kappa shape index (κ1) is 33.1. The van der Waals surface area contributed by atoms with Crippen molar-refractivity contribution in [1.82, 2.24) is 14.1 Å². The molecule has 0 N–H and O–H groups in total. The number of hydrogen-bond acceptors (Lipinski definition) is 3. The fourth-order valence-electron chi connectivity index (χ4n) is 7.59. The molecule has 0 fully saturated rings. The number of para-hydroxylation sites is 4. The summed E-state index contributed by atoms with van der Waals surface area (Å²) in [5.74, 6) is 3.41. The number of pyridine rings is 1. The fourth-order valence-corrected chi connectivity index (χ4v) is 7.59. The molecule has 0 spiro atoms. The third kappa shape index (κ3) is 5.50. The summed E-state index contributed by atoms with van der Waals surface area (Å²) in [4.78, 5) is 4.83. The van der Waals surface area contributed by atoms with E-state index in [2.05, 4.69) is 127 Å². The molecule has 2 aliphatic rings. The van der Waals surface area contributed by atoms with Gasteiger partial charge in [-0.2, -0.15) is 12.1 Å². The summed E-state index contributed by atoms with van der Waals surface area (Å²) in [7, 11) is 0. The maximum atomic E-state index is 6.68. The van der Waals surface area contributed by atoms with Crippen LogP contribution in [-0.4, -0.2) is 15.8 Å². The van der Waals surface area contributed by atoms with Crippen molar-refractivity contribution in [3.8, 4) is 39.9 Å². The van der Waals surface area contributed by atoms with Crippen LogP contribution in [0.4, 0.5) is 11.4 Å². The zero-order valence-corrected chi connectivity index (χ0v) is 31.6. The van der Waals surface area contributed by atoms with Crippen molar-refractivity contribution in [2.24, 2.45) is 0 Å². The molecule has 1 aliphatic carbocycles. The van der Waals surface area contributed by atoms with Gasteiger partial charge in [-0.3, -0.25) is 0 Å². The topological polar surface area (TPSA) is 39.3 Å². The zero-order valence-electron chi connectivity index (χ0n) is 29.3. The van der Waals surface area contributed by atoms with E-state index in [1.165, 1.54) is 5.56 Å². The maximum absolute atomic E-state index is 6.68. The number of benzene rings is 6.